The summed E-state index contributed by atoms with van der Waals surface area (Å²) in [6, 6.07) is 8.48. The summed E-state index contributed by atoms with van der Waals surface area (Å²) in [4.78, 5) is 27.2. The molecule has 1 N–H and O–H groups in total. The third-order valence-corrected chi connectivity index (χ3v) is 5.77. The Kier molecular flexibility index (Phi) is 6.68. The Morgan fingerprint density at radius 2 is 2.07 bits per heavy atom. The molecule has 1 aliphatic rings. The Balaban J connectivity index is 1.88. The molecule has 152 valence electrons. The maximum absolute atomic E-state index is 12.7. The fraction of sp³-hybridized carbons (Fsp3) is 0.409. The number of esters is 1. The fourth-order valence-electron chi connectivity index (χ4n) is 3.37. The highest BCUT2D eigenvalue weighted by molar-refractivity contribution is 7.15. The van der Waals surface area contributed by atoms with E-state index in [1.807, 2.05) is 36.3 Å². The number of aryl methyl sites for hydroxylation is 2. The molecule has 0 saturated heterocycles. The third-order valence-electron chi connectivity index (χ3n) is 4.88. The highest BCUT2D eigenvalue weighted by Gasteiger charge is 2.31. The van der Waals surface area contributed by atoms with E-state index in [0.29, 0.717) is 16.6 Å². The number of nitrogens with zero attached hydrogens (tertiary/aromatic N) is 2. The Bertz CT molecular complexity index is 957. The van der Waals surface area contributed by atoms with Gasteiger partial charge in [-0.3, -0.25) is 9.69 Å². The second-order valence-corrected chi connectivity index (χ2v) is 8.11. The van der Waals surface area contributed by atoms with Gasteiger partial charge in [0.2, 0.25) is 5.91 Å². The van der Waals surface area contributed by atoms with Gasteiger partial charge in [-0.2, -0.15) is 5.26 Å². The molecule has 1 aromatic heterocycles. The van der Waals surface area contributed by atoms with Crippen molar-refractivity contribution in [1.29, 1.82) is 5.26 Å². The molecular weight excluding hydrogens is 386 g/mol. The van der Waals surface area contributed by atoms with Crippen molar-refractivity contribution in [2.24, 2.45) is 0 Å². The zero-order valence-electron chi connectivity index (χ0n) is 16.9. The first-order valence-electron chi connectivity index (χ1n) is 9.71. The van der Waals surface area contributed by atoms with E-state index in [1.54, 1.807) is 6.92 Å². The van der Waals surface area contributed by atoms with Crippen LogP contribution >= 0.6 is 11.3 Å². The Labute approximate surface area is 175 Å². The minimum Gasteiger partial charge on any atom is -0.462 e. The minimum atomic E-state index is -0.449. The van der Waals surface area contributed by atoms with E-state index in [-0.39, 0.29) is 25.6 Å². The van der Waals surface area contributed by atoms with Crippen molar-refractivity contribution in [1.82, 2.24) is 4.90 Å². The molecule has 2 aromatic rings. The average molecular weight is 412 g/mol. The predicted molar refractivity (Wildman–Crippen MR) is 114 cm³/mol. The monoisotopic (exact) mass is 411 g/mol. The maximum Gasteiger partial charge on any atom is 0.341 e. The molecule has 0 bridgehead atoms. The van der Waals surface area contributed by atoms with Gasteiger partial charge in [0.15, 0.2) is 0 Å². The first-order chi connectivity index (χ1) is 13.9. The Hall–Kier alpha value is -2.69. The van der Waals surface area contributed by atoms with Crippen molar-refractivity contribution >= 4 is 28.2 Å². The summed E-state index contributed by atoms with van der Waals surface area (Å²) in [5.41, 5.74) is 4.29. The highest BCUT2D eigenvalue weighted by Crippen LogP contribution is 2.38. The number of amides is 1. The van der Waals surface area contributed by atoms with Gasteiger partial charge in [-0.1, -0.05) is 23.8 Å². The first-order valence-corrected chi connectivity index (χ1v) is 10.6. The second kappa shape index (κ2) is 9.21. The van der Waals surface area contributed by atoms with Crippen LogP contribution in [0.4, 0.5) is 5.00 Å². The van der Waals surface area contributed by atoms with Crippen LogP contribution in [0.3, 0.4) is 0 Å². The molecule has 0 atom stereocenters. The molecule has 1 saturated carbocycles. The predicted octanol–water partition coefficient (Wildman–Crippen LogP) is 4.14. The lowest BCUT2D eigenvalue weighted by Crippen LogP contribution is -2.35. The first kappa shape index (κ1) is 21.0. The van der Waals surface area contributed by atoms with Gasteiger partial charge in [0.05, 0.1) is 25.8 Å². The summed E-state index contributed by atoms with van der Waals surface area (Å²) in [5, 5.41) is 14.2. The normalized spacial score (nSPS) is 13.2. The number of carbonyl (C=O) groups excluding carboxylic acids is 2. The summed E-state index contributed by atoms with van der Waals surface area (Å²) in [7, 11) is 0. The SMILES string of the molecule is CCOC(=O)c1c(-c2ccc(C)cc2C)csc1NC(=O)CN(CC#N)C1CC1. The van der Waals surface area contributed by atoms with Crippen molar-refractivity contribution in [3.05, 3.63) is 40.3 Å². The molecule has 1 aliphatic carbocycles. The van der Waals surface area contributed by atoms with Crippen LogP contribution in [-0.4, -0.2) is 42.5 Å². The molecule has 0 spiro atoms. The largest absolute Gasteiger partial charge is 0.462 e. The molecule has 1 amide bonds. The summed E-state index contributed by atoms with van der Waals surface area (Å²) in [6.45, 7) is 6.40. The number of nitrogens with one attached hydrogen (secondary N) is 1. The Morgan fingerprint density at radius 1 is 1.31 bits per heavy atom. The lowest BCUT2D eigenvalue weighted by molar-refractivity contribution is -0.117. The van der Waals surface area contributed by atoms with E-state index in [1.165, 1.54) is 11.3 Å². The van der Waals surface area contributed by atoms with Crippen LogP contribution in [0.5, 0.6) is 0 Å². The maximum atomic E-state index is 12.7. The van der Waals surface area contributed by atoms with Crippen molar-refractivity contribution in [3.8, 4) is 17.2 Å². The van der Waals surface area contributed by atoms with Crippen LogP contribution in [0.1, 0.15) is 41.3 Å². The van der Waals surface area contributed by atoms with E-state index in [0.717, 1.165) is 35.1 Å². The van der Waals surface area contributed by atoms with Crippen LogP contribution in [0.15, 0.2) is 23.6 Å². The zero-order valence-corrected chi connectivity index (χ0v) is 17.8. The third kappa shape index (κ3) is 5.03. The summed E-state index contributed by atoms with van der Waals surface area (Å²) < 4.78 is 5.27. The number of thiophene rings is 1. The van der Waals surface area contributed by atoms with Gasteiger partial charge in [0, 0.05) is 17.0 Å². The van der Waals surface area contributed by atoms with E-state index in [9.17, 15) is 9.59 Å². The summed E-state index contributed by atoms with van der Waals surface area (Å²) >= 11 is 1.31. The number of rotatable bonds is 8. The number of carbonyl (C=O) groups is 2. The van der Waals surface area contributed by atoms with Gasteiger partial charge >= 0.3 is 5.97 Å². The van der Waals surface area contributed by atoms with Crippen molar-refractivity contribution in [2.75, 3.05) is 25.0 Å². The van der Waals surface area contributed by atoms with Gasteiger partial charge in [-0.05, 0) is 44.7 Å². The molecule has 0 radical (unpaired) electrons. The molecular formula is C22H25N3O3S. The smallest absolute Gasteiger partial charge is 0.341 e. The van der Waals surface area contributed by atoms with Crippen molar-refractivity contribution in [3.63, 3.8) is 0 Å². The molecule has 1 aromatic carbocycles. The van der Waals surface area contributed by atoms with E-state index in [2.05, 4.69) is 17.5 Å². The zero-order chi connectivity index (χ0) is 21.0. The Morgan fingerprint density at radius 3 is 2.69 bits per heavy atom. The van der Waals surface area contributed by atoms with Crippen LogP contribution in [0.25, 0.3) is 11.1 Å². The number of hydrogen-bond acceptors (Lipinski definition) is 6. The molecule has 6 nitrogen and oxygen atoms in total. The molecule has 3 rings (SSSR count). The molecule has 0 aliphatic heterocycles. The number of ether oxygens (including phenoxy) is 1. The van der Waals surface area contributed by atoms with Crippen molar-refractivity contribution in [2.45, 2.75) is 39.7 Å². The molecule has 1 fully saturated rings. The molecule has 29 heavy (non-hydrogen) atoms. The van der Waals surface area contributed by atoms with E-state index < -0.39 is 5.97 Å². The molecule has 7 heteroatoms. The molecule has 1 heterocycles. The number of nitriles is 1. The quantitative estimate of drug-likeness (QED) is 0.522. The average Bonchev–Trinajstić information content (AvgIpc) is 3.43. The van der Waals surface area contributed by atoms with Crippen molar-refractivity contribution < 1.29 is 14.3 Å². The summed E-state index contributed by atoms with van der Waals surface area (Å²) in [6.07, 6.45) is 2.03. The van der Waals surface area contributed by atoms with E-state index >= 15 is 0 Å². The number of hydrogen-bond donors (Lipinski definition) is 1. The lowest BCUT2D eigenvalue weighted by Gasteiger charge is -2.17. The van der Waals surface area contributed by atoms with Gasteiger partial charge in [0.1, 0.15) is 10.6 Å². The second-order valence-electron chi connectivity index (χ2n) is 7.23. The van der Waals surface area contributed by atoms with Crippen LogP contribution in [0, 0.1) is 25.2 Å². The summed E-state index contributed by atoms with van der Waals surface area (Å²) in [5.74, 6) is -0.679. The fourth-order valence-corrected chi connectivity index (χ4v) is 4.33. The highest BCUT2D eigenvalue weighted by atomic mass is 32.1. The van der Waals surface area contributed by atoms with Gasteiger partial charge < -0.3 is 10.1 Å². The van der Waals surface area contributed by atoms with Crippen LogP contribution in [-0.2, 0) is 9.53 Å². The standard InChI is InChI=1S/C22H25N3O3S/c1-4-28-22(27)20-18(17-8-5-14(2)11-15(17)3)13-29-21(20)24-19(26)12-25(10-9-23)16-6-7-16/h5,8,11,13,16H,4,6-7,10,12H2,1-3H3,(H,24,26). The van der Waals surface area contributed by atoms with Gasteiger partial charge in [0.25, 0.3) is 0 Å². The molecule has 0 unspecified atom stereocenters. The lowest BCUT2D eigenvalue weighted by atomic mass is 9.97. The minimum absolute atomic E-state index is 0.136. The van der Waals surface area contributed by atoms with E-state index in [4.69, 9.17) is 10.00 Å². The number of anilines is 1. The van der Waals surface area contributed by atoms with Crippen LogP contribution in [0.2, 0.25) is 0 Å². The number of benzene rings is 1. The van der Waals surface area contributed by atoms with Gasteiger partial charge in [-0.25, -0.2) is 4.79 Å². The van der Waals surface area contributed by atoms with Crippen LogP contribution < -0.4 is 5.32 Å². The topological polar surface area (TPSA) is 82.4 Å². The van der Waals surface area contributed by atoms with Gasteiger partial charge in [-0.15, -0.1) is 11.3 Å².